The van der Waals surface area contributed by atoms with E-state index < -0.39 is 11.6 Å². The third-order valence-corrected chi connectivity index (χ3v) is 4.01. The first kappa shape index (κ1) is 16.6. The molecule has 0 aliphatic rings. The van der Waals surface area contributed by atoms with E-state index in [9.17, 15) is 8.78 Å². The molecule has 1 aromatic carbocycles. The minimum atomic E-state index is -0.473. The summed E-state index contributed by atoms with van der Waals surface area (Å²) < 4.78 is 28.2. The van der Waals surface area contributed by atoms with Crippen molar-refractivity contribution in [1.29, 1.82) is 0 Å². The number of nitrogens with one attached hydrogen (secondary N) is 1. The summed E-state index contributed by atoms with van der Waals surface area (Å²) in [7, 11) is 0. The Morgan fingerprint density at radius 2 is 1.95 bits per heavy atom. The van der Waals surface area contributed by atoms with Crippen LogP contribution in [0, 0.1) is 17.0 Å². The van der Waals surface area contributed by atoms with Crippen molar-refractivity contribution >= 4 is 15.9 Å². The zero-order valence-corrected chi connectivity index (χ0v) is 13.4. The SMILES string of the molecule is CCCC(C)(CNCC)Cc1c(F)ccc(Br)c1F. The Hall–Kier alpha value is -0.480. The van der Waals surface area contributed by atoms with E-state index in [1.165, 1.54) is 12.1 Å². The van der Waals surface area contributed by atoms with Crippen LogP contribution in [0.5, 0.6) is 0 Å². The Morgan fingerprint density at radius 1 is 1.26 bits per heavy atom. The maximum Gasteiger partial charge on any atom is 0.143 e. The Bertz CT molecular complexity index is 423. The normalized spacial score (nSPS) is 14.4. The number of rotatable bonds is 7. The number of benzene rings is 1. The van der Waals surface area contributed by atoms with Crippen LogP contribution in [0.15, 0.2) is 16.6 Å². The van der Waals surface area contributed by atoms with Crippen LogP contribution in [-0.2, 0) is 6.42 Å². The summed E-state index contributed by atoms with van der Waals surface area (Å²) in [6.07, 6.45) is 2.34. The number of hydrogen-bond acceptors (Lipinski definition) is 1. The second-order valence-corrected chi connectivity index (χ2v) is 6.19. The molecule has 108 valence electrons. The van der Waals surface area contributed by atoms with Crippen molar-refractivity contribution in [2.45, 2.75) is 40.0 Å². The van der Waals surface area contributed by atoms with Gasteiger partial charge in [-0.25, -0.2) is 8.78 Å². The molecule has 1 unspecified atom stereocenters. The summed E-state index contributed by atoms with van der Waals surface area (Å²) in [5.74, 6) is -0.932. The van der Waals surface area contributed by atoms with Crippen molar-refractivity contribution in [2.24, 2.45) is 5.41 Å². The summed E-state index contributed by atoms with van der Waals surface area (Å²) >= 11 is 3.12. The van der Waals surface area contributed by atoms with Crippen molar-refractivity contribution in [1.82, 2.24) is 5.32 Å². The van der Waals surface area contributed by atoms with Gasteiger partial charge < -0.3 is 5.32 Å². The first-order valence-electron chi connectivity index (χ1n) is 6.76. The fourth-order valence-electron chi connectivity index (χ4n) is 2.43. The van der Waals surface area contributed by atoms with E-state index in [-0.39, 0.29) is 11.0 Å². The summed E-state index contributed by atoms with van der Waals surface area (Å²) in [5, 5.41) is 3.29. The molecule has 4 heteroatoms. The van der Waals surface area contributed by atoms with Crippen LogP contribution in [0.3, 0.4) is 0 Å². The van der Waals surface area contributed by atoms with Gasteiger partial charge in [-0.2, -0.15) is 0 Å². The first-order valence-corrected chi connectivity index (χ1v) is 7.56. The van der Waals surface area contributed by atoms with Crippen molar-refractivity contribution in [2.75, 3.05) is 13.1 Å². The number of hydrogen-bond donors (Lipinski definition) is 1. The lowest BCUT2D eigenvalue weighted by atomic mass is 9.79. The average Bonchev–Trinajstić information content (AvgIpc) is 2.37. The maximum absolute atomic E-state index is 14.0. The lowest BCUT2D eigenvalue weighted by molar-refractivity contribution is 0.270. The first-order chi connectivity index (χ1) is 8.93. The van der Waals surface area contributed by atoms with Gasteiger partial charge in [0, 0.05) is 12.1 Å². The molecule has 0 aromatic heterocycles. The molecule has 0 fully saturated rings. The third-order valence-electron chi connectivity index (χ3n) is 3.40. The third kappa shape index (κ3) is 4.53. The van der Waals surface area contributed by atoms with E-state index in [4.69, 9.17) is 0 Å². The van der Waals surface area contributed by atoms with Gasteiger partial charge in [0.2, 0.25) is 0 Å². The molecule has 0 saturated heterocycles. The van der Waals surface area contributed by atoms with Gasteiger partial charge in [-0.1, -0.05) is 27.2 Å². The standard InChI is InChI=1S/C15H22BrF2N/c1-4-8-15(3,10-19-5-2)9-11-13(17)7-6-12(16)14(11)18/h6-7,19H,4-5,8-10H2,1-3H3. The molecule has 0 spiro atoms. The molecule has 0 aliphatic heterocycles. The Labute approximate surface area is 122 Å². The molecule has 1 nitrogen and oxygen atoms in total. The molecule has 1 atom stereocenters. The zero-order valence-electron chi connectivity index (χ0n) is 11.8. The lowest BCUT2D eigenvalue weighted by Crippen LogP contribution is -2.34. The van der Waals surface area contributed by atoms with Crippen LogP contribution in [0.1, 0.15) is 39.2 Å². The highest BCUT2D eigenvalue weighted by molar-refractivity contribution is 9.10. The average molecular weight is 334 g/mol. The zero-order chi connectivity index (χ0) is 14.5. The summed E-state index contributed by atoms with van der Waals surface area (Å²) in [4.78, 5) is 0. The molecule has 0 amide bonds. The smallest absolute Gasteiger partial charge is 0.143 e. The summed E-state index contributed by atoms with van der Waals surface area (Å²) in [6, 6.07) is 2.73. The van der Waals surface area contributed by atoms with Gasteiger partial charge in [-0.15, -0.1) is 0 Å². The van der Waals surface area contributed by atoms with Crippen molar-refractivity contribution < 1.29 is 8.78 Å². The molecule has 0 bridgehead atoms. The van der Waals surface area contributed by atoms with Crippen LogP contribution >= 0.6 is 15.9 Å². The Kier molecular flexibility index (Phi) is 6.40. The summed E-state index contributed by atoms with van der Waals surface area (Å²) in [5.41, 5.74) is 0.0518. The highest BCUT2D eigenvalue weighted by Crippen LogP contribution is 2.32. The molecule has 0 heterocycles. The highest BCUT2D eigenvalue weighted by atomic mass is 79.9. The van der Waals surface area contributed by atoms with Gasteiger partial charge in [0.05, 0.1) is 4.47 Å². The molecule has 0 aliphatic carbocycles. The van der Waals surface area contributed by atoms with Gasteiger partial charge in [0.25, 0.3) is 0 Å². The van der Waals surface area contributed by atoms with E-state index in [2.05, 4.69) is 35.1 Å². The minimum Gasteiger partial charge on any atom is -0.316 e. The van der Waals surface area contributed by atoms with Gasteiger partial charge >= 0.3 is 0 Å². The van der Waals surface area contributed by atoms with Crippen molar-refractivity contribution in [3.63, 3.8) is 0 Å². The van der Waals surface area contributed by atoms with E-state index in [0.717, 1.165) is 25.9 Å². The quantitative estimate of drug-likeness (QED) is 0.714. The Balaban J connectivity index is 2.99. The highest BCUT2D eigenvalue weighted by Gasteiger charge is 2.27. The second-order valence-electron chi connectivity index (χ2n) is 5.34. The molecule has 19 heavy (non-hydrogen) atoms. The number of halogens is 3. The predicted octanol–water partition coefficient (Wildman–Crippen LogP) is 4.69. The van der Waals surface area contributed by atoms with Gasteiger partial charge in [-0.3, -0.25) is 0 Å². The minimum absolute atomic E-state index is 0.132. The Morgan fingerprint density at radius 3 is 2.53 bits per heavy atom. The monoisotopic (exact) mass is 333 g/mol. The predicted molar refractivity (Wildman–Crippen MR) is 79.3 cm³/mol. The molecular formula is C15H22BrF2N. The molecular weight excluding hydrogens is 312 g/mol. The molecule has 0 radical (unpaired) electrons. The van der Waals surface area contributed by atoms with E-state index >= 15 is 0 Å². The lowest BCUT2D eigenvalue weighted by Gasteiger charge is -2.30. The van der Waals surface area contributed by atoms with Crippen LogP contribution in [-0.4, -0.2) is 13.1 Å². The van der Waals surface area contributed by atoms with Crippen LogP contribution in [0.25, 0.3) is 0 Å². The van der Waals surface area contributed by atoms with Gasteiger partial charge in [0.15, 0.2) is 0 Å². The van der Waals surface area contributed by atoms with Crippen molar-refractivity contribution in [3.8, 4) is 0 Å². The van der Waals surface area contributed by atoms with Crippen LogP contribution in [0.2, 0.25) is 0 Å². The van der Waals surface area contributed by atoms with E-state index in [0.29, 0.717) is 10.9 Å². The van der Waals surface area contributed by atoms with Gasteiger partial charge in [-0.05, 0) is 52.9 Å². The van der Waals surface area contributed by atoms with E-state index in [1.807, 2.05) is 6.92 Å². The largest absolute Gasteiger partial charge is 0.316 e. The summed E-state index contributed by atoms with van der Waals surface area (Å²) in [6.45, 7) is 7.84. The second kappa shape index (κ2) is 7.34. The molecule has 1 aromatic rings. The fourth-order valence-corrected chi connectivity index (χ4v) is 2.80. The maximum atomic E-state index is 14.0. The topological polar surface area (TPSA) is 12.0 Å². The van der Waals surface area contributed by atoms with Crippen molar-refractivity contribution in [3.05, 3.63) is 33.8 Å². The molecule has 1 rings (SSSR count). The van der Waals surface area contributed by atoms with Crippen LogP contribution < -0.4 is 5.32 Å². The van der Waals surface area contributed by atoms with Crippen LogP contribution in [0.4, 0.5) is 8.78 Å². The molecule has 0 saturated carbocycles. The fraction of sp³-hybridized carbons (Fsp3) is 0.600. The van der Waals surface area contributed by atoms with E-state index in [1.54, 1.807) is 0 Å². The van der Waals surface area contributed by atoms with Gasteiger partial charge in [0.1, 0.15) is 11.6 Å². The molecule has 1 N–H and O–H groups in total.